The predicted molar refractivity (Wildman–Crippen MR) is 58.8 cm³/mol. The topological polar surface area (TPSA) is 49.4 Å². The van der Waals surface area contributed by atoms with E-state index in [-0.39, 0.29) is 17.7 Å². The summed E-state index contributed by atoms with van der Waals surface area (Å²) in [5.41, 5.74) is 0. The fourth-order valence-corrected chi connectivity index (χ4v) is 1.81. The molecule has 15 heavy (non-hydrogen) atoms. The molecule has 0 unspecified atom stereocenters. The Hall–Kier alpha value is -0.770. The van der Waals surface area contributed by atoms with E-state index >= 15 is 0 Å². The molecule has 1 rings (SSSR count). The summed E-state index contributed by atoms with van der Waals surface area (Å²) >= 11 is 5.35. The molecule has 86 valence electrons. The third-order valence-electron chi connectivity index (χ3n) is 2.54. The molecule has 0 aromatic rings. The molecule has 1 atom stereocenters. The molecular weight excluding hydrogens is 216 g/mol. The summed E-state index contributed by atoms with van der Waals surface area (Å²) < 4.78 is 0. The number of likely N-dealkylation sites (tertiary alicyclic amines) is 1. The Bertz CT molecular complexity index is 240. The summed E-state index contributed by atoms with van der Waals surface area (Å²) in [6.45, 7) is 3.31. The van der Waals surface area contributed by atoms with Crippen LogP contribution in [0.15, 0.2) is 0 Å². The first-order valence-electron chi connectivity index (χ1n) is 5.29. The molecule has 1 heterocycles. The number of alkyl halides is 1. The van der Waals surface area contributed by atoms with Gasteiger partial charge in [-0.05, 0) is 26.2 Å². The van der Waals surface area contributed by atoms with Gasteiger partial charge in [0.1, 0.15) is 11.9 Å². The summed E-state index contributed by atoms with van der Waals surface area (Å²) in [7, 11) is 0. The van der Waals surface area contributed by atoms with Crippen LogP contribution in [0.3, 0.4) is 0 Å². The number of piperidine rings is 1. The molecule has 0 radical (unpaired) electrons. The number of halogens is 1. The van der Waals surface area contributed by atoms with Crippen LogP contribution in [-0.2, 0) is 9.59 Å². The second-order valence-electron chi connectivity index (χ2n) is 3.81. The summed E-state index contributed by atoms with van der Waals surface area (Å²) in [5, 5.41) is 2.56. The first kappa shape index (κ1) is 12.3. The van der Waals surface area contributed by atoms with E-state index < -0.39 is 6.04 Å². The molecule has 1 saturated heterocycles. The van der Waals surface area contributed by atoms with Crippen LogP contribution in [0, 0.1) is 0 Å². The van der Waals surface area contributed by atoms with Crippen LogP contribution in [0.5, 0.6) is 0 Å². The molecule has 0 spiro atoms. The van der Waals surface area contributed by atoms with Gasteiger partial charge in [0.15, 0.2) is 0 Å². The van der Waals surface area contributed by atoms with Crippen LogP contribution in [0.1, 0.15) is 26.2 Å². The van der Waals surface area contributed by atoms with E-state index in [0.717, 1.165) is 25.9 Å². The molecular formula is C10H17ClN2O2. The molecule has 0 aromatic heterocycles. The van der Waals surface area contributed by atoms with Crippen LogP contribution in [-0.4, -0.2) is 41.7 Å². The minimum Gasteiger partial charge on any atom is -0.344 e. The zero-order chi connectivity index (χ0) is 11.3. The van der Waals surface area contributed by atoms with Gasteiger partial charge < -0.3 is 10.2 Å². The number of rotatable bonds is 3. The number of nitrogens with one attached hydrogen (secondary N) is 1. The van der Waals surface area contributed by atoms with Crippen LogP contribution < -0.4 is 5.32 Å². The highest BCUT2D eigenvalue weighted by Gasteiger charge is 2.22. The fourth-order valence-electron chi connectivity index (χ4n) is 1.73. The number of nitrogens with zero attached hydrogens (tertiary/aromatic N) is 1. The standard InChI is InChI=1S/C10H17ClN2O2/c1-8(12-9(14)7-11)10(15)13-5-3-2-4-6-13/h8H,2-7H2,1H3,(H,12,14)/t8-/m1/s1. The van der Waals surface area contributed by atoms with Crippen LogP contribution in [0.2, 0.25) is 0 Å². The maximum absolute atomic E-state index is 11.8. The summed E-state index contributed by atoms with van der Waals surface area (Å²) in [5.74, 6) is -0.403. The minimum atomic E-state index is -0.464. The van der Waals surface area contributed by atoms with E-state index in [4.69, 9.17) is 11.6 Å². The van der Waals surface area contributed by atoms with Gasteiger partial charge >= 0.3 is 0 Å². The van der Waals surface area contributed by atoms with Gasteiger partial charge in [0.25, 0.3) is 0 Å². The number of carbonyl (C=O) groups excluding carboxylic acids is 2. The molecule has 5 heteroatoms. The SMILES string of the molecule is C[C@@H](NC(=O)CCl)C(=O)N1CCCCC1. The quantitative estimate of drug-likeness (QED) is 0.730. The first-order chi connectivity index (χ1) is 7.15. The monoisotopic (exact) mass is 232 g/mol. The smallest absolute Gasteiger partial charge is 0.244 e. The lowest BCUT2D eigenvalue weighted by Crippen LogP contribution is -2.48. The largest absolute Gasteiger partial charge is 0.344 e. The summed E-state index contributed by atoms with van der Waals surface area (Å²) in [4.78, 5) is 24.6. The lowest BCUT2D eigenvalue weighted by Gasteiger charge is -2.29. The molecule has 4 nitrogen and oxygen atoms in total. The van der Waals surface area contributed by atoms with Gasteiger partial charge in [-0.3, -0.25) is 9.59 Å². The van der Waals surface area contributed by atoms with E-state index in [1.807, 2.05) is 4.90 Å². The average Bonchev–Trinajstić information content (AvgIpc) is 2.29. The fraction of sp³-hybridized carbons (Fsp3) is 0.800. The van der Waals surface area contributed by atoms with E-state index in [1.54, 1.807) is 6.92 Å². The molecule has 0 aromatic carbocycles. The van der Waals surface area contributed by atoms with Crippen molar-refractivity contribution in [2.24, 2.45) is 0 Å². The second-order valence-corrected chi connectivity index (χ2v) is 4.08. The van der Waals surface area contributed by atoms with Crippen molar-refractivity contribution in [2.45, 2.75) is 32.2 Å². The highest BCUT2D eigenvalue weighted by molar-refractivity contribution is 6.27. The molecule has 0 saturated carbocycles. The van der Waals surface area contributed by atoms with Crippen molar-refractivity contribution < 1.29 is 9.59 Å². The van der Waals surface area contributed by atoms with Crippen molar-refractivity contribution in [3.8, 4) is 0 Å². The first-order valence-corrected chi connectivity index (χ1v) is 5.82. The van der Waals surface area contributed by atoms with Gasteiger partial charge in [-0.15, -0.1) is 11.6 Å². The summed E-state index contributed by atoms with van der Waals surface area (Å²) in [6, 6.07) is -0.464. The maximum Gasteiger partial charge on any atom is 0.244 e. The van der Waals surface area contributed by atoms with Crippen LogP contribution in [0.4, 0.5) is 0 Å². The number of hydrogen-bond acceptors (Lipinski definition) is 2. The van der Waals surface area contributed by atoms with Crippen molar-refractivity contribution >= 4 is 23.4 Å². The van der Waals surface area contributed by atoms with Gasteiger partial charge in [0.2, 0.25) is 11.8 Å². The molecule has 2 amide bonds. The highest BCUT2D eigenvalue weighted by atomic mass is 35.5. The van der Waals surface area contributed by atoms with Crippen molar-refractivity contribution in [3.63, 3.8) is 0 Å². The Morgan fingerprint density at radius 3 is 2.47 bits per heavy atom. The van der Waals surface area contributed by atoms with Gasteiger partial charge in [-0.2, -0.15) is 0 Å². The predicted octanol–water partition coefficient (Wildman–Crippen LogP) is 0.742. The van der Waals surface area contributed by atoms with Crippen molar-refractivity contribution in [1.29, 1.82) is 0 Å². The molecule has 1 aliphatic rings. The normalized spacial score (nSPS) is 18.4. The third kappa shape index (κ3) is 3.70. The van der Waals surface area contributed by atoms with E-state index in [1.165, 1.54) is 6.42 Å². The van der Waals surface area contributed by atoms with E-state index in [9.17, 15) is 9.59 Å². The number of hydrogen-bond donors (Lipinski definition) is 1. The Balaban J connectivity index is 2.40. The average molecular weight is 233 g/mol. The van der Waals surface area contributed by atoms with Crippen molar-refractivity contribution in [1.82, 2.24) is 10.2 Å². The van der Waals surface area contributed by atoms with Crippen molar-refractivity contribution in [3.05, 3.63) is 0 Å². The Labute approximate surface area is 95.0 Å². The Morgan fingerprint density at radius 1 is 1.33 bits per heavy atom. The lowest BCUT2D eigenvalue weighted by molar-refractivity contribution is -0.136. The van der Waals surface area contributed by atoms with Crippen molar-refractivity contribution in [2.75, 3.05) is 19.0 Å². The zero-order valence-corrected chi connectivity index (χ0v) is 9.72. The molecule has 1 fully saturated rings. The third-order valence-corrected chi connectivity index (χ3v) is 2.78. The molecule has 0 bridgehead atoms. The molecule has 0 aliphatic carbocycles. The van der Waals surface area contributed by atoms with Gasteiger partial charge in [-0.1, -0.05) is 0 Å². The van der Waals surface area contributed by atoms with Crippen LogP contribution >= 0.6 is 11.6 Å². The van der Waals surface area contributed by atoms with E-state index in [0.29, 0.717) is 0 Å². The zero-order valence-electron chi connectivity index (χ0n) is 8.96. The van der Waals surface area contributed by atoms with Crippen LogP contribution in [0.25, 0.3) is 0 Å². The second kappa shape index (κ2) is 5.95. The highest BCUT2D eigenvalue weighted by Crippen LogP contribution is 2.09. The minimum absolute atomic E-state index is 0.00633. The number of carbonyl (C=O) groups is 2. The number of amides is 2. The Morgan fingerprint density at radius 2 is 1.93 bits per heavy atom. The molecule has 1 aliphatic heterocycles. The maximum atomic E-state index is 11.8. The van der Waals surface area contributed by atoms with Gasteiger partial charge in [0, 0.05) is 13.1 Å². The summed E-state index contributed by atoms with van der Waals surface area (Å²) in [6.07, 6.45) is 3.30. The Kier molecular flexibility index (Phi) is 4.88. The van der Waals surface area contributed by atoms with Gasteiger partial charge in [-0.25, -0.2) is 0 Å². The lowest BCUT2D eigenvalue weighted by atomic mass is 10.1. The van der Waals surface area contributed by atoms with Gasteiger partial charge in [0.05, 0.1) is 0 Å². The molecule has 1 N–H and O–H groups in total. The van der Waals surface area contributed by atoms with E-state index in [2.05, 4.69) is 5.32 Å².